The maximum atomic E-state index is 5.26. The zero-order chi connectivity index (χ0) is 11.4. The molecule has 2 unspecified atom stereocenters. The van der Waals surface area contributed by atoms with Crippen molar-refractivity contribution in [3.05, 3.63) is 11.3 Å². The predicted octanol–water partition coefficient (Wildman–Crippen LogP) is 2.12. The minimum Gasteiger partial charge on any atom is -0.380 e. The van der Waals surface area contributed by atoms with Gasteiger partial charge in [0.2, 0.25) is 0 Å². The van der Waals surface area contributed by atoms with E-state index in [4.69, 9.17) is 4.74 Å². The number of aromatic nitrogens is 2. The van der Waals surface area contributed by atoms with Gasteiger partial charge in [-0.3, -0.25) is 5.10 Å². The van der Waals surface area contributed by atoms with Gasteiger partial charge in [-0.2, -0.15) is 5.10 Å². The monoisotopic (exact) mass is 211 g/mol. The van der Waals surface area contributed by atoms with Crippen LogP contribution in [0.1, 0.15) is 32.0 Å². The van der Waals surface area contributed by atoms with Crippen LogP contribution in [0.3, 0.4) is 0 Å². The molecule has 1 heterocycles. The summed E-state index contributed by atoms with van der Waals surface area (Å²) in [7, 11) is 1.72. The van der Waals surface area contributed by atoms with E-state index in [1.165, 1.54) is 11.3 Å². The summed E-state index contributed by atoms with van der Waals surface area (Å²) in [5, 5.41) is 10.6. The minimum atomic E-state index is 0.172. The topological polar surface area (TPSA) is 49.9 Å². The molecule has 0 radical (unpaired) electrons. The zero-order valence-electron chi connectivity index (χ0n) is 10.2. The lowest BCUT2D eigenvalue weighted by Crippen LogP contribution is -2.30. The van der Waals surface area contributed by atoms with Crippen molar-refractivity contribution in [2.24, 2.45) is 0 Å². The fourth-order valence-corrected chi connectivity index (χ4v) is 1.46. The van der Waals surface area contributed by atoms with Gasteiger partial charge >= 0.3 is 0 Å². The van der Waals surface area contributed by atoms with Gasteiger partial charge in [0.15, 0.2) is 5.82 Å². The van der Waals surface area contributed by atoms with Crippen molar-refractivity contribution in [1.82, 2.24) is 10.2 Å². The molecule has 0 spiro atoms. The Labute approximate surface area is 91.4 Å². The van der Waals surface area contributed by atoms with Crippen molar-refractivity contribution in [1.29, 1.82) is 0 Å². The van der Waals surface area contributed by atoms with E-state index in [1.807, 2.05) is 6.92 Å². The average Bonchev–Trinajstić information content (AvgIpc) is 2.58. The summed E-state index contributed by atoms with van der Waals surface area (Å²) >= 11 is 0. The van der Waals surface area contributed by atoms with Crippen molar-refractivity contribution in [2.45, 2.75) is 46.3 Å². The van der Waals surface area contributed by atoms with Crippen LogP contribution in [0, 0.1) is 6.92 Å². The third kappa shape index (κ3) is 2.72. The van der Waals surface area contributed by atoms with E-state index in [-0.39, 0.29) is 12.1 Å². The maximum absolute atomic E-state index is 5.26. The maximum Gasteiger partial charge on any atom is 0.151 e. The highest BCUT2D eigenvalue weighted by Crippen LogP contribution is 2.17. The average molecular weight is 211 g/mol. The number of hydrogen-bond acceptors (Lipinski definition) is 3. The molecule has 4 heteroatoms. The number of anilines is 1. The molecule has 0 aromatic carbocycles. The summed E-state index contributed by atoms with van der Waals surface area (Å²) in [6.07, 6.45) is 1.15. The van der Waals surface area contributed by atoms with Crippen LogP contribution >= 0.6 is 0 Å². The summed E-state index contributed by atoms with van der Waals surface area (Å²) in [5.74, 6) is 0.934. The van der Waals surface area contributed by atoms with Gasteiger partial charge in [0.25, 0.3) is 0 Å². The molecule has 86 valence electrons. The summed E-state index contributed by atoms with van der Waals surface area (Å²) in [4.78, 5) is 0. The van der Waals surface area contributed by atoms with Gasteiger partial charge in [-0.05, 0) is 27.2 Å². The third-order valence-electron chi connectivity index (χ3n) is 2.90. The number of nitrogens with zero attached hydrogens (tertiary/aromatic N) is 1. The molecule has 0 bridgehead atoms. The van der Waals surface area contributed by atoms with Gasteiger partial charge in [0, 0.05) is 18.4 Å². The third-order valence-corrected chi connectivity index (χ3v) is 2.90. The van der Waals surface area contributed by atoms with Crippen LogP contribution in [0.25, 0.3) is 0 Å². The van der Waals surface area contributed by atoms with Gasteiger partial charge in [0.1, 0.15) is 0 Å². The molecule has 2 atom stereocenters. The lowest BCUT2D eigenvalue weighted by Gasteiger charge is -2.19. The zero-order valence-corrected chi connectivity index (χ0v) is 10.2. The number of methoxy groups -OCH3 is 1. The fourth-order valence-electron chi connectivity index (χ4n) is 1.46. The Kier molecular flexibility index (Phi) is 4.15. The Morgan fingerprint density at radius 3 is 2.60 bits per heavy atom. The standard InChI is InChI=1S/C11H21N3O/c1-6-10-7(2)11(14-13-10)12-8(3)9(4)15-5/h8-9H,6H2,1-5H3,(H2,12,13,14). The largest absolute Gasteiger partial charge is 0.380 e. The van der Waals surface area contributed by atoms with Gasteiger partial charge in [-0.25, -0.2) is 0 Å². The highest BCUT2D eigenvalue weighted by Gasteiger charge is 2.14. The minimum absolute atomic E-state index is 0.172. The van der Waals surface area contributed by atoms with Crippen LogP contribution < -0.4 is 5.32 Å². The number of ether oxygens (including phenoxy) is 1. The highest BCUT2D eigenvalue weighted by molar-refractivity contribution is 5.46. The Bertz CT molecular complexity index is 309. The molecule has 1 aromatic heterocycles. The lowest BCUT2D eigenvalue weighted by molar-refractivity contribution is 0.106. The Balaban J connectivity index is 2.68. The first kappa shape index (κ1) is 12.0. The second-order valence-electron chi connectivity index (χ2n) is 3.90. The molecule has 1 rings (SSSR count). The molecule has 0 amide bonds. The molecule has 15 heavy (non-hydrogen) atoms. The van der Waals surface area contributed by atoms with E-state index in [9.17, 15) is 0 Å². The molecule has 0 saturated heterocycles. The van der Waals surface area contributed by atoms with Gasteiger partial charge in [0.05, 0.1) is 12.1 Å². The first-order valence-electron chi connectivity index (χ1n) is 5.43. The fraction of sp³-hybridized carbons (Fsp3) is 0.727. The van der Waals surface area contributed by atoms with Crippen LogP contribution in [0.4, 0.5) is 5.82 Å². The summed E-state index contributed by atoms with van der Waals surface area (Å²) in [5.41, 5.74) is 2.39. The predicted molar refractivity (Wildman–Crippen MR) is 62.3 cm³/mol. The molecule has 0 aliphatic carbocycles. The molecule has 0 aliphatic heterocycles. The molecular weight excluding hydrogens is 190 g/mol. The van der Waals surface area contributed by atoms with Crippen LogP contribution in [0.2, 0.25) is 0 Å². The van der Waals surface area contributed by atoms with Crippen LogP contribution in [-0.2, 0) is 11.2 Å². The van der Waals surface area contributed by atoms with E-state index in [0.717, 1.165) is 12.2 Å². The molecule has 0 saturated carbocycles. The van der Waals surface area contributed by atoms with Crippen LogP contribution in [0.5, 0.6) is 0 Å². The molecule has 1 aromatic rings. The van der Waals surface area contributed by atoms with Gasteiger partial charge in [-0.15, -0.1) is 0 Å². The van der Waals surface area contributed by atoms with Crippen molar-refractivity contribution < 1.29 is 4.74 Å². The molecule has 0 aliphatic rings. The molecule has 0 fully saturated rings. The lowest BCUT2D eigenvalue weighted by atomic mass is 10.2. The van der Waals surface area contributed by atoms with Crippen molar-refractivity contribution >= 4 is 5.82 Å². The summed E-state index contributed by atoms with van der Waals surface area (Å²) < 4.78 is 5.26. The van der Waals surface area contributed by atoms with E-state index < -0.39 is 0 Å². The Hall–Kier alpha value is -1.03. The Morgan fingerprint density at radius 1 is 1.47 bits per heavy atom. The number of rotatable bonds is 5. The van der Waals surface area contributed by atoms with E-state index in [1.54, 1.807) is 7.11 Å². The van der Waals surface area contributed by atoms with Gasteiger partial charge < -0.3 is 10.1 Å². The first-order valence-corrected chi connectivity index (χ1v) is 5.43. The quantitative estimate of drug-likeness (QED) is 0.784. The van der Waals surface area contributed by atoms with Crippen molar-refractivity contribution in [2.75, 3.05) is 12.4 Å². The second kappa shape index (κ2) is 5.16. The van der Waals surface area contributed by atoms with Crippen LogP contribution in [0.15, 0.2) is 0 Å². The number of aryl methyl sites for hydroxylation is 1. The normalized spacial score (nSPS) is 15.0. The summed E-state index contributed by atoms with van der Waals surface area (Å²) in [6.45, 7) is 8.33. The summed E-state index contributed by atoms with van der Waals surface area (Å²) in [6, 6.07) is 0.252. The first-order chi connectivity index (χ1) is 7.10. The van der Waals surface area contributed by atoms with E-state index in [0.29, 0.717) is 0 Å². The number of hydrogen-bond donors (Lipinski definition) is 2. The van der Waals surface area contributed by atoms with Crippen molar-refractivity contribution in [3.8, 4) is 0 Å². The van der Waals surface area contributed by atoms with E-state index in [2.05, 4.69) is 36.3 Å². The molecular formula is C11H21N3O. The Morgan fingerprint density at radius 2 is 2.13 bits per heavy atom. The number of nitrogens with one attached hydrogen (secondary N) is 2. The second-order valence-corrected chi connectivity index (χ2v) is 3.90. The van der Waals surface area contributed by atoms with Crippen molar-refractivity contribution in [3.63, 3.8) is 0 Å². The number of aromatic amines is 1. The SMILES string of the molecule is CCc1[nH]nc(NC(C)C(C)OC)c1C. The van der Waals surface area contributed by atoms with Gasteiger partial charge in [-0.1, -0.05) is 6.92 Å². The van der Waals surface area contributed by atoms with E-state index >= 15 is 0 Å². The highest BCUT2D eigenvalue weighted by atomic mass is 16.5. The van der Waals surface area contributed by atoms with Crippen LogP contribution in [-0.4, -0.2) is 29.5 Å². The molecule has 2 N–H and O–H groups in total. The number of H-pyrrole nitrogens is 1. The smallest absolute Gasteiger partial charge is 0.151 e. The molecule has 4 nitrogen and oxygen atoms in total.